The molecule has 0 spiro atoms. The Balaban J connectivity index is 1.54. The summed E-state index contributed by atoms with van der Waals surface area (Å²) < 4.78 is 11.4. The molecule has 5 heteroatoms. The first-order valence-corrected chi connectivity index (χ1v) is 10.1. The Morgan fingerprint density at radius 2 is 1.71 bits per heavy atom. The van der Waals surface area contributed by atoms with Crippen LogP contribution in [0.15, 0.2) is 65.2 Å². The Kier molecular flexibility index (Phi) is 6.14. The largest absolute Gasteiger partial charge is 0.377 e. The molecule has 5 nitrogen and oxygen atoms in total. The zero-order valence-electron chi connectivity index (χ0n) is 16.3. The van der Waals surface area contributed by atoms with Gasteiger partial charge in [-0.1, -0.05) is 72.7 Å². The molecular weight excluding hydrogens is 350 g/mol. The highest BCUT2D eigenvalue weighted by Gasteiger charge is 2.24. The van der Waals surface area contributed by atoms with Crippen molar-refractivity contribution in [1.29, 1.82) is 0 Å². The molecule has 1 saturated heterocycles. The van der Waals surface area contributed by atoms with Gasteiger partial charge in [0.05, 0.1) is 18.6 Å². The molecule has 0 unspecified atom stereocenters. The predicted molar refractivity (Wildman–Crippen MR) is 108 cm³/mol. The van der Waals surface area contributed by atoms with E-state index in [1.165, 1.54) is 0 Å². The van der Waals surface area contributed by atoms with Gasteiger partial charge in [0.1, 0.15) is 0 Å². The number of likely N-dealkylation sites (N-methyl/N-ethyl adjacent to an activating group) is 1. The molecule has 0 aliphatic carbocycles. The lowest BCUT2D eigenvalue weighted by atomic mass is 9.91. The van der Waals surface area contributed by atoms with Crippen molar-refractivity contribution in [3.63, 3.8) is 0 Å². The fourth-order valence-corrected chi connectivity index (χ4v) is 3.80. The average Bonchev–Trinajstić information content (AvgIpc) is 3.42. The van der Waals surface area contributed by atoms with Crippen molar-refractivity contribution in [2.45, 2.75) is 38.3 Å². The number of ether oxygens (including phenoxy) is 1. The Morgan fingerprint density at radius 1 is 1.04 bits per heavy atom. The van der Waals surface area contributed by atoms with Gasteiger partial charge in [0, 0.05) is 13.2 Å². The van der Waals surface area contributed by atoms with Crippen molar-refractivity contribution in [2.24, 2.45) is 0 Å². The van der Waals surface area contributed by atoms with Crippen molar-refractivity contribution in [3.8, 4) is 0 Å². The van der Waals surface area contributed by atoms with E-state index in [1.54, 1.807) is 0 Å². The number of aromatic nitrogens is 2. The van der Waals surface area contributed by atoms with Gasteiger partial charge in [0.25, 0.3) is 0 Å². The molecule has 146 valence electrons. The first kappa shape index (κ1) is 18.8. The van der Waals surface area contributed by atoms with E-state index >= 15 is 0 Å². The summed E-state index contributed by atoms with van der Waals surface area (Å²) in [4.78, 5) is 7.08. The summed E-state index contributed by atoms with van der Waals surface area (Å²) in [6.45, 7) is 5.53. The van der Waals surface area contributed by atoms with Crippen molar-refractivity contribution in [1.82, 2.24) is 15.0 Å². The zero-order valence-corrected chi connectivity index (χ0v) is 16.3. The molecule has 1 aliphatic rings. The summed E-state index contributed by atoms with van der Waals surface area (Å²) in [7, 11) is 0. The van der Waals surface area contributed by atoms with Gasteiger partial charge in [-0.05, 0) is 30.5 Å². The topological polar surface area (TPSA) is 51.4 Å². The number of rotatable bonds is 8. The number of hydrogen-bond donors (Lipinski definition) is 0. The third-order valence-electron chi connectivity index (χ3n) is 5.30. The molecule has 2 aromatic carbocycles. The summed E-state index contributed by atoms with van der Waals surface area (Å²) in [6.07, 6.45) is 2.61. The summed E-state index contributed by atoms with van der Waals surface area (Å²) in [6, 6.07) is 20.7. The van der Waals surface area contributed by atoms with Gasteiger partial charge < -0.3 is 9.26 Å². The van der Waals surface area contributed by atoms with E-state index < -0.39 is 0 Å². The summed E-state index contributed by atoms with van der Waals surface area (Å²) in [5.74, 6) is 1.33. The van der Waals surface area contributed by atoms with Crippen LogP contribution in [0.2, 0.25) is 0 Å². The van der Waals surface area contributed by atoms with E-state index in [0.29, 0.717) is 24.4 Å². The molecule has 0 radical (unpaired) electrons. The molecule has 1 aromatic heterocycles. The fourth-order valence-electron chi connectivity index (χ4n) is 3.80. The molecule has 28 heavy (non-hydrogen) atoms. The van der Waals surface area contributed by atoms with Gasteiger partial charge in [-0.3, -0.25) is 4.90 Å². The molecule has 4 rings (SSSR count). The van der Waals surface area contributed by atoms with Crippen LogP contribution in [0.3, 0.4) is 0 Å². The molecule has 0 N–H and O–H groups in total. The second kappa shape index (κ2) is 9.13. The summed E-state index contributed by atoms with van der Waals surface area (Å²) >= 11 is 0. The lowest BCUT2D eigenvalue weighted by Gasteiger charge is -2.21. The molecule has 1 aliphatic heterocycles. The molecule has 0 bridgehead atoms. The van der Waals surface area contributed by atoms with Gasteiger partial charge >= 0.3 is 0 Å². The van der Waals surface area contributed by atoms with Crippen molar-refractivity contribution in [3.05, 3.63) is 83.5 Å². The fraction of sp³-hybridized carbons (Fsp3) is 0.391. The minimum Gasteiger partial charge on any atom is -0.377 e. The van der Waals surface area contributed by atoms with Crippen LogP contribution >= 0.6 is 0 Å². The standard InChI is InChI=1S/C23H27N3O2/c1-2-26(16-20-14-9-15-27-20)17-21-24-23(25-28-21)22(18-10-5-3-6-11-18)19-12-7-4-8-13-19/h3-8,10-13,20,22H,2,9,14-17H2,1H3/t20-/m0/s1. The van der Waals surface area contributed by atoms with Crippen LogP contribution in [-0.2, 0) is 11.3 Å². The second-order valence-corrected chi connectivity index (χ2v) is 7.26. The molecule has 0 saturated carbocycles. The number of benzene rings is 2. The second-order valence-electron chi connectivity index (χ2n) is 7.26. The van der Waals surface area contributed by atoms with E-state index in [0.717, 1.165) is 43.7 Å². The van der Waals surface area contributed by atoms with Crippen LogP contribution in [0, 0.1) is 0 Å². The lowest BCUT2D eigenvalue weighted by molar-refractivity contribution is 0.0689. The molecule has 1 atom stereocenters. The Labute approximate surface area is 166 Å². The minimum absolute atomic E-state index is 0.0341. The smallest absolute Gasteiger partial charge is 0.240 e. The maximum absolute atomic E-state index is 5.77. The molecule has 2 heterocycles. The highest BCUT2D eigenvalue weighted by atomic mass is 16.5. The number of hydrogen-bond acceptors (Lipinski definition) is 5. The first-order chi connectivity index (χ1) is 13.8. The summed E-state index contributed by atoms with van der Waals surface area (Å²) in [5, 5.41) is 4.34. The molecular formula is C23H27N3O2. The Hall–Kier alpha value is -2.50. The maximum atomic E-state index is 5.77. The zero-order chi connectivity index (χ0) is 19.2. The van der Waals surface area contributed by atoms with Gasteiger partial charge in [0.2, 0.25) is 5.89 Å². The first-order valence-electron chi connectivity index (χ1n) is 10.1. The van der Waals surface area contributed by atoms with Crippen molar-refractivity contribution in [2.75, 3.05) is 19.7 Å². The Bertz CT molecular complexity index is 805. The van der Waals surface area contributed by atoms with Crippen LogP contribution in [0.1, 0.15) is 48.5 Å². The predicted octanol–water partition coefficient (Wildman–Crippen LogP) is 4.25. The van der Waals surface area contributed by atoms with Crippen molar-refractivity contribution >= 4 is 0 Å². The molecule has 1 fully saturated rings. The molecule has 3 aromatic rings. The number of nitrogens with zero attached hydrogens (tertiary/aromatic N) is 3. The Morgan fingerprint density at radius 3 is 2.29 bits per heavy atom. The van der Waals surface area contributed by atoms with Gasteiger partial charge in [-0.15, -0.1) is 0 Å². The van der Waals surface area contributed by atoms with E-state index in [2.05, 4.69) is 41.2 Å². The maximum Gasteiger partial charge on any atom is 0.240 e. The van der Waals surface area contributed by atoms with Crippen LogP contribution in [0.4, 0.5) is 0 Å². The summed E-state index contributed by atoms with van der Waals surface area (Å²) in [5.41, 5.74) is 2.32. The van der Waals surface area contributed by atoms with Gasteiger partial charge in [-0.25, -0.2) is 0 Å². The van der Waals surface area contributed by atoms with Gasteiger partial charge in [0.15, 0.2) is 5.82 Å². The van der Waals surface area contributed by atoms with Crippen LogP contribution in [-0.4, -0.2) is 40.8 Å². The van der Waals surface area contributed by atoms with E-state index in [4.69, 9.17) is 14.2 Å². The van der Waals surface area contributed by atoms with Gasteiger partial charge in [-0.2, -0.15) is 4.98 Å². The van der Waals surface area contributed by atoms with Crippen LogP contribution in [0.5, 0.6) is 0 Å². The van der Waals surface area contributed by atoms with E-state index in [-0.39, 0.29) is 5.92 Å². The lowest BCUT2D eigenvalue weighted by Crippen LogP contribution is -2.31. The quantitative estimate of drug-likeness (QED) is 0.587. The molecule has 0 amide bonds. The highest BCUT2D eigenvalue weighted by Crippen LogP contribution is 2.30. The third kappa shape index (κ3) is 4.49. The minimum atomic E-state index is -0.0341. The van der Waals surface area contributed by atoms with E-state index in [9.17, 15) is 0 Å². The monoisotopic (exact) mass is 377 g/mol. The average molecular weight is 377 g/mol. The third-order valence-corrected chi connectivity index (χ3v) is 5.30. The van der Waals surface area contributed by atoms with Crippen molar-refractivity contribution < 1.29 is 9.26 Å². The van der Waals surface area contributed by atoms with E-state index in [1.807, 2.05) is 36.4 Å². The van der Waals surface area contributed by atoms with Crippen LogP contribution in [0.25, 0.3) is 0 Å². The normalized spacial score (nSPS) is 16.9. The SMILES string of the molecule is CCN(Cc1nc(C(c2ccccc2)c2ccccc2)no1)C[C@@H]1CCCO1. The highest BCUT2D eigenvalue weighted by molar-refractivity contribution is 5.37. The van der Waals surface area contributed by atoms with Crippen LogP contribution < -0.4 is 0 Å².